The van der Waals surface area contributed by atoms with Crippen LogP contribution >= 0.6 is 0 Å². The highest BCUT2D eigenvalue weighted by Gasteiger charge is 2.21. The van der Waals surface area contributed by atoms with E-state index in [9.17, 15) is 5.26 Å². The Hall–Kier alpha value is -4.11. The first-order chi connectivity index (χ1) is 15.7. The molecule has 0 aliphatic heterocycles. The normalized spacial score (nSPS) is 15.6. The summed E-state index contributed by atoms with van der Waals surface area (Å²) < 4.78 is 1.83. The number of hydrogen-bond acceptors (Lipinski definition) is 4. The maximum absolute atomic E-state index is 9.22. The van der Waals surface area contributed by atoms with Crippen LogP contribution < -0.4 is 5.32 Å². The van der Waals surface area contributed by atoms with Crippen LogP contribution in [0.5, 0.6) is 0 Å². The molecule has 6 rings (SSSR count). The van der Waals surface area contributed by atoms with E-state index in [4.69, 9.17) is 0 Å². The smallest absolute Gasteiger partial charge is 0.100 e. The summed E-state index contributed by atoms with van der Waals surface area (Å²) in [4.78, 5) is 0. The maximum atomic E-state index is 9.22. The van der Waals surface area contributed by atoms with E-state index in [-0.39, 0.29) is 6.04 Å². The van der Waals surface area contributed by atoms with Crippen molar-refractivity contribution in [2.75, 3.05) is 5.32 Å². The molecule has 6 nitrogen and oxygen atoms in total. The zero-order valence-corrected chi connectivity index (χ0v) is 17.8. The highest BCUT2D eigenvalue weighted by atomic mass is 15.2. The molecule has 0 fully saturated rings. The molecule has 2 aromatic heterocycles. The van der Waals surface area contributed by atoms with Gasteiger partial charge < -0.3 is 5.32 Å². The fourth-order valence-electron chi connectivity index (χ4n) is 4.85. The van der Waals surface area contributed by atoms with Gasteiger partial charge >= 0.3 is 0 Å². The fourth-order valence-corrected chi connectivity index (χ4v) is 4.85. The molecule has 5 aromatic rings. The van der Waals surface area contributed by atoms with Gasteiger partial charge in [-0.2, -0.15) is 15.5 Å². The Morgan fingerprint density at radius 3 is 2.97 bits per heavy atom. The molecular weight excluding hydrogens is 396 g/mol. The number of aromatic nitrogens is 4. The van der Waals surface area contributed by atoms with Crippen molar-refractivity contribution in [1.29, 1.82) is 5.26 Å². The average Bonchev–Trinajstić information content (AvgIpc) is 3.40. The Morgan fingerprint density at radius 1 is 1.12 bits per heavy atom. The number of aryl methyl sites for hydroxylation is 2. The molecule has 3 aromatic carbocycles. The number of nitrogens with zero attached hydrogens (tertiary/aromatic N) is 4. The first-order valence-corrected chi connectivity index (χ1v) is 10.9. The van der Waals surface area contributed by atoms with E-state index in [0.29, 0.717) is 0 Å². The minimum atomic E-state index is 0.240. The van der Waals surface area contributed by atoms with Gasteiger partial charge in [0, 0.05) is 35.3 Å². The molecule has 2 N–H and O–H groups in total. The highest BCUT2D eigenvalue weighted by Crippen LogP contribution is 2.35. The van der Waals surface area contributed by atoms with Gasteiger partial charge in [-0.25, -0.2) is 0 Å². The maximum Gasteiger partial charge on any atom is 0.100 e. The Kier molecular flexibility index (Phi) is 4.22. The Bertz CT molecular complexity index is 1520. The molecule has 0 amide bonds. The van der Waals surface area contributed by atoms with Crippen LogP contribution in [0.25, 0.3) is 33.1 Å². The van der Waals surface area contributed by atoms with E-state index in [1.807, 2.05) is 30.1 Å². The van der Waals surface area contributed by atoms with Crippen molar-refractivity contribution in [2.24, 2.45) is 7.05 Å². The lowest BCUT2D eigenvalue weighted by Gasteiger charge is -2.27. The minimum absolute atomic E-state index is 0.240. The zero-order chi connectivity index (χ0) is 21.7. The topological polar surface area (TPSA) is 82.3 Å². The van der Waals surface area contributed by atoms with E-state index in [1.54, 1.807) is 0 Å². The van der Waals surface area contributed by atoms with Crippen LogP contribution in [-0.2, 0) is 13.5 Å². The molecule has 2 heterocycles. The monoisotopic (exact) mass is 418 g/mol. The van der Waals surface area contributed by atoms with Crippen LogP contribution in [0.15, 0.2) is 60.8 Å². The number of rotatable bonds is 3. The number of aromatic amines is 1. The van der Waals surface area contributed by atoms with Crippen molar-refractivity contribution in [3.8, 4) is 17.3 Å². The van der Waals surface area contributed by atoms with E-state index in [1.165, 1.54) is 11.1 Å². The lowest BCUT2D eigenvalue weighted by molar-refractivity contribution is 0.600. The number of nitrogens with one attached hydrogen (secondary N) is 2. The third kappa shape index (κ3) is 3.10. The van der Waals surface area contributed by atoms with E-state index >= 15 is 0 Å². The molecule has 6 heteroatoms. The van der Waals surface area contributed by atoms with Crippen LogP contribution in [0.3, 0.4) is 0 Å². The quantitative estimate of drug-likeness (QED) is 0.407. The molecule has 1 unspecified atom stereocenters. The average molecular weight is 419 g/mol. The van der Waals surface area contributed by atoms with Gasteiger partial charge in [-0.05, 0) is 66.8 Å². The summed E-state index contributed by atoms with van der Waals surface area (Å²) in [6.45, 7) is 0. The predicted octanol–water partition coefficient (Wildman–Crippen LogP) is 5.48. The standard InChI is InChI=1S/C26H22N6/c1-32-15-19-7-6-18(12-25(19)31-32)26-22-13-20(8-10-24(22)29-30-26)28-23-4-2-3-17-11-16(14-27)5-9-21(17)23/h5-13,15,23,28H,2-4H2,1H3,(H,29,30). The summed E-state index contributed by atoms with van der Waals surface area (Å²) in [6.07, 6.45) is 5.24. The second kappa shape index (κ2) is 7.24. The van der Waals surface area contributed by atoms with Crippen molar-refractivity contribution in [3.05, 3.63) is 77.5 Å². The SMILES string of the molecule is Cn1cc2ccc(-c3n[nH]c4ccc(NC5CCCc6cc(C#N)ccc65)cc34)cc2n1. The van der Waals surface area contributed by atoms with Crippen molar-refractivity contribution in [1.82, 2.24) is 20.0 Å². The van der Waals surface area contributed by atoms with Crippen LogP contribution in [0.4, 0.5) is 5.69 Å². The second-order valence-electron chi connectivity index (χ2n) is 8.52. The second-order valence-corrected chi connectivity index (χ2v) is 8.52. The summed E-state index contributed by atoms with van der Waals surface area (Å²) >= 11 is 0. The number of fused-ring (bicyclic) bond motifs is 3. The first-order valence-electron chi connectivity index (χ1n) is 10.9. The fraction of sp³-hybridized carbons (Fsp3) is 0.192. The van der Waals surface area contributed by atoms with Crippen LogP contribution in [-0.4, -0.2) is 20.0 Å². The van der Waals surface area contributed by atoms with Crippen molar-refractivity contribution < 1.29 is 0 Å². The van der Waals surface area contributed by atoms with Gasteiger partial charge in [-0.3, -0.25) is 9.78 Å². The van der Waals surface area contributed by atoms with E-state index in [2.05, 4.69) is 69.1 Å². The molecule has 0 radical (unpaired) electrons. The largest absolute Gasteiger partial charge is 0.378 e. The van der Waals surface area contributed by atoms with Gasteiger partial charge in [0.25, 0.3) is 0 Å². The van der Waals surface area contributed by atoms with E-state index in [0.717, 1.165) is 63.6 Å². The summed E-state index contributed by atoms with van der Waals surface area (Å²) in [7, 11) is 1.94. The van der Waals surface area contributed by atoms with Gasteiger partial charge in [-0.15, -0.1) is 0 Å². The Morgan fingerprint density at radius 2 is 2.06 bits per heavy atom. The summed E-state index contributed by atoms with van der Waals surface area (Å²) in [5.74, 6) is 0. The number of nitriles is 1. The van der Waals surface area contributed by atoms with Crippen LogP contribution in [0.2, 0.25) is 0 Å². The third-order valence-corrected chi connectivity index (χ3v) is 6.39. The third-order valence-electron chi connectivity index (χ3n) is 6.39. The van der Waals surface area contributed by atoms with Gasteiger partial charge in [0.2, 0.25) is 0 Å². The first kappa shape index (κ1) is 18.6. The van der Waals surface area contributed by atoms with Gasteiger partial charge in [0.15, 0.2) is 0 Å². The molecule has 0 bridgehead atoms. The molecule has 1 atom stereocenters. The number of benzene rings is 3. The number of anilines is 1. The Balaban J connectivity index is 1.36. The van der Waals surface area contributed by atoms with Crippen molar-refractivity contribution >= 4 is 27.5 Å². The summed E-state index contributed by atoms with van der Waals surface area (Å²) in [5, 5.41) is 27.5. The highest BCUT2D eigenvalue weighted by molar-refractivity contribution is 5.96. The zero-order valence-electron chi connectivity index (χ0n) is 17.8. The van der Waals surface area contributed by atoms with E-state index < -0.39 is 0 Å². The molecular formula is C26H22N6. The predicted molar refractivity (Wildman–Crippen MR) is 126 cm³/mol. The van der Waals surface area contributed by atoms with Gasteiger partial charge in [0.1, 0.15) is 5.69 Å². The molecule has 156 valence electrons. The molecule has 0 spiro atoms. The van der Waals surface area contributed by atoms with Crippen molar-refractivity contribution in [3.63, 3.8) is 0 Å². The van der Waals surface area contributed by atoms with Gasteiger partial charge in [-0.1, -0.05) is 18.2 Å². The lowest BCUT2D eigenvalue weighted by Crippen LogP contribution is -2.17. The number of H-pyrrole nitrogens is 1. The molecule has 1 aliphatic carbocycles. The van der Waals surface area contributed by atoms with Crippen LogP contribution in [0, 0.1) is 11.3 Å². The van der Waals surface area contributed by atoms with Gasteiger partial charge in [0.05, 0.1) is 28.7 Å². The van der Waals surface area contributed by atoms with Crippen LogP contribution in [0.1, 0.15) is 35.6 Å². The minimum Gasteiger partial charge on any atom is -0.378 e. The molecule has 0 saturated heterocycles. The molecule has 32 heavy (non-hydrogen) atoms. The Labute approximate surface area is 185 Å². The lowest BCUT2D eigenvalue weighted by atomic mass is 9.86. The molecule has 1 aliphatic rings. The molecule has 0 saturated carbocycles. The summed E-state index contributed by atoms with van der Waals surface area (Å²) in [6, 6.07) is 21.2. The summed E-state index contributed by atoms with van der Waals surface area (Å²) in [5.41, 5.74) is 8.33. The number of hydrogen-bond donors (Lipinski definition) is 2. The van der Waals surface area contributed by atoms with Crippen molar-refractivity contribution in [2.45, 2.75) is 25.3 Å².